The van der Waals surface area contributed by atoms with Crippen molar-refractivity contribution >= 4 is 76.4 Å². The van der Waals surface area contributed by atoms with Crippen LogP contribution < -0.4 is 82.5 Å². The number of nitrogens with one attached hydrogen (secondary N) is 6. The normalized spacial score (nSPS) is 12.3. The molecule has 0 unspecified atom stereocenters. The number of guanidine groups is 4. The fourth-order valence-corrected chi connectivity index (χ4v) is 11.4. The average Bonchev–Trinajstić information content (AvgIpc) is 0.787. The van der Waals surface area contributed by atoms with Crippen molar-refractivity contribution in [2.24, 2.45) is 65.8 Å². The van der Waals surface area contributed by atoms with Crippen LogP contribution >= 0.6 is 0 Å². The fraction of sp³-hybridized carbons (Fsp3) is 0.500. The van der Waals surface area contributed by atoms with Crippen molar-refractivity contribution in [3.8, 4) is 5.75 Å². The maximum Gasteiger partial charge on any atom is 0.326 e. The molecule has 27 nitrogen and oxygen atoms in total. The predicted molar refractivity (Wildman–Crippen MR) is 400 cm³/mol. The highest BCUT2D eigenvalue weighted by Gasteiger charge is 2.33. The molecule has 0 aliphatic heterocycles. The summed E-state index contributed by atoms with van der Waals surface area (Å²) in [4.78, 5) is 113. The molecule has 4 aromatic carbocycles. The molecule has 552 valence electrons. The number of hydrogen-bond donors (Lipinski definition) is 15. The smallest absolute Gasteiger partial charge is 0.326 e. The number of nitrogens with zero attached hydrogens (tertiary/aromatic N) is 4. The number of nitrogens with two attached hydrogens (primary N) is 8. The second-order valence-corrected chi connectivity index (χ2v) is 25.0. The lowest BCUT2D eigenvalue weighted by Gasteiger charge is -2.27. The zero-order chi connectivity index (χ0) is 73.4. The van der Waals surface area contributed by atoms with E-state index in [1.165, 1.54) is 57.8 Å². The molecule has 4 aromatic rings. The van der Waals surface area contributed by atoms with Crippen molar-refractivity contribution in [2.45, 2.75) is 198 Å². The third kappa shape index (κ3) is 35.4. The lowest BCUT2D eigenvalue weighted by molar-refractivity contribution is -0.142. The van der Waals surface area contributed by atoms with Crippen molar-refractivity contribution in [1.82, 2.24) is 31.9 Å². The van der Waals surface area contributed by atoms with Crippen LogP contribution in [-0.4, -0.2) is 140 Å². The zero-order valence-corrected chi connectivity index (χ0v) is 58.9. The first-order chi connectivity index (χ1) is 48.8. The van der Waals surface area contributed by atoms with E-state index in [0.717, 1.165) is 59.1 Å². The Morgan fingerprint density at radius 2 is 0.683 bits per heavy atom. The number of rotatable bonds is 52. The number of carbonyl (C=O) groups is 7. The van der Waals surface area contributed by atoms with Gasteiger partial charge >= 0.3 is 5.97 Å². The van der Waals surface area contributed by atoms with Gasteiger partial charge in [-0.3, -0.25) is 48.7 Å². The van der Waals surface area contributed by atoms with Crippen LogP contribution in [0.4, 0.5) is 0 Å². The molecule has 0 bridgehead atoms. The summed E-state index contributed by atoms with van der Waals surface area (Å²) in [6.07, 6.45) is 17.1. The molecule has 0 spiro atoms. The number of aliphatic imine (C=N–C) groups is 4. The van der Waals surface area contributed by atoms with Gasteiger partial charge in [0, 0.05) is 39.1 Å². The number of benzene rings is 4. The molecule has 6 amide bonds. The van der Waals surface area contributed by atoms with Gasteiger partial charge in [-0.25, -0.2) is 4.79 Å². The molecule has 0 radical (unpaired) electrons. The molecule has 0 fully saturated rings. The predicted octanol–water partition coefficient (Wildman–Crippen LogP) is 5.56. The molecule has 23 N–H and O–H groups in total. The Hall–Kier alpha value is -10.2. The second-order valence-electron chi connectivity index (χ2n) is 25.0. The van der Waals surface area contributed by atoms with Crippen molar-refractivity contribution in [1.29, 1.82) is 0 Å². The van der Waals surface area contributed by atoms with Gasteiger partial charge in [0.1, 0.15) is 36.0 Å². The summed E-state index contributed by atoms with van der Waals surface area (Å²) in [5.74, 6) is -5.85. The maximum atomic E-state index is 14.8. The van der Waals surface area contributed by atoms with Crippen LogP contribution in [0.15, 0.2) is 135 Å². The Bertz CT molecular complexity index is 3220. The molecule has 0 aromatic heterocycles. The summed E-state index contributed by atoms with van der Waals surface area (Å²) in [6.45, 7) is 2.25. The second kappa shape index (κ2) is 49.3. The summed E-state index contributed by atoms with van der Waals surface area (Å²) < 4.78 is 6.09. The van der Waals surface area contributed by atoms with E-state index < -0.39 is 72.3 Å². The lowest BCUT2D eigenvalue weighted by Crippen LogP contribution is -2.59. The average molecular weight is 1400 g/mol. The summed E-state index contributed by atoms with van der Waals surface area (Å²) in [5.41, 5.74) is 50.4. The summed E-state index contributed by atoms with van der Waals surface area (Å²) >= 11 is 0. The third-order valence-electron chi connectivity index (χ3n) is 16.6. The van der Waals surface area contributed by atoms with Gasteiger partial charge in [-0.2, -0.15) is 0 Å². The first-order valence-corrected chi connectivity index (χ1v) is 35.6. The highest BCUT2D eigenvalue weighted by atomic mass is 16.5. The molecule has 0 aliphatic carbocycles. The molecule has 4 rings (SSSR count). The van der Waals surface area contributed by atoms with Crippen LogP contribution in [0.1, 0.15) is 190 Å². The van der Waals surface area contributed by atoms with Crippen LogP contribution in [0.25, 0.3) is 11.1 Å². The van der Waals surface area contributed by atoms with Crippen molar-refractivity contribution in [3.63, 3.8) is 0 Å². The molecule has 101 heavy (non-hydrogen) atoms. The Morgan fingerprint density at radius 1 is 0.366 bits per heavy atom. The van der Waals surface area contributed by atoms with Crippen molar-refractivity contribution < 1.29 is 43.4 Å². The Kier molecular flexibility index (Phi) is 40.6. The molecule has 0 heterocycles. The van der Waals surface area contributed by atoms with Gasteiger partial charge in [-0.15, -0.1) is 0 Å². The Labute approximate surface area is 595 Å². The lowest BCUT2D eigenvalue weighted by atomic mass is 9.86. The highest BCUT2D eigenvalue weighted by Crippen LogP contribution is 2.37. The van der Waals surface area contributed by atoms with E-state index in [2.05, 4.69) is 95.2 Å². The molecule has 5 atom stereocenters. The summed E-state index contributed by atoms with van der Waals surface area (Å²) in [7, 11) is 0. The van der Waals surface area contributed by atoms with E-state index in [9.17, 15) is 38.7 Å². The first kappa shape index (κ1) is 83.2. The number of ether oxygens (including phenoxy) is 1. The van der Waals surface area contributed by atoms with Crippen LogP contribution in [-0.2, 0) is 33.6 Å². The number of unbranched alkanes of at least 4 members (excludes halogenated alkanes) is 13. The number of aliphatic carboxylic acids is 1. The molecular weight excluding hydrogens is 1280 g/mol. The van der Waals surface area contributed by atoms with Gasteiger partial charge in [-0.05, 0) is 123 Å². The summed E-state index contributed by atoms with van der Waals surface area (Å²) in [6, 6.07) is 30.9. The van der Waals surface area contributed by atoms with Gasteiger partial charge in [0.2, 0.25) is 29.5 Å². The summed E-state index contributed by atoms with van der Waals surface area (Å²) in [5, 5.41) is 26.5. The molecule has 27 heteroatoms. The molecule has 0 saturated carbocycles. The van der Waals surface area contributed by atoms with Crippen LogP contribution in [0, 0.1) is 0 Å². The van der Waals surface area contributed by atoms with E-state index in [1.807, 2.05) is 66.7 Å². The molecular formula is C74H112N18O9. The monoisotopic (exact) mass is 1400 g/mol. The Morgan fingerprint density at radius 3 is 1.04 bits per heavy atom. The minimum absolute atomic E-state index is 0.0275. The number of carboxylic acids is 1. The number of carbonyl (C=O) groups excluding carboxylic acids is 6. The minimum atomic E-state index is -1.41. The largest absolute Gasteiger partial charge is 0.484 e. The highest BCUT2D eigenvalue weighted by molar-refractivity contribution is 6.04. The number of hydrogen-bond acceptors (Lipinski definition) is 12. The fourth-order valence-electron chi connectivity index (χ4n) is 11.4. The maximum absolute atomic E-state index is 14.8. The van der Waals surface area contributed by atoms with E-state index >= 15 is 0 Å². The van der Waals surface area contributed by atoms with Gasteiger partial charge in [0.25, 0.3) is 5.91 Å². The quantitative estimate of drug-likeness (QED) is 0.0111. The SMILES string of the molecule is CCCCCCCCCCCCCCCC(=O)NCCCC[C@H](NC(=O)COc1ccc(C(=C(c2ccccc2)c2ccccc2)c2ccccc2)cc1)C(=O)N[C@@H](CCCN=C(N)N)C(=O)N[C@@H](CCCN=C(N)N)C(=O)N[C@@H](CCCN=C(N)N)C(=O)N[C@@H](CCCN=C(N)N)C(=O)O. The van der Waals surface area contributed by atoms with Crippen LogP contribution in [0.3, 0.4) is 0 Å². The standard InChI is InChI=1S/C74H112N18O9/c1-2-3-4-5-6-7-8-9-10-11-12-13-23-41-62(93)83-46-25-24-36-57(88-63(94)51-101-56-44-42-55(43-45-56)65(54-34-21-16-22-35-54)64(52-30-17-14-18-31-52)53-32-19-15-20-33-53)66(95)89-58(37-26-47-84-71(75)76)67(96)90-59(38-27-48-85-72(77)78)68(97)91-60(39-28-49-86-73(79)80)69(98)92-61(70(99)100)40-29-50-87-74(81)82/h14-22,30-35,42-45,57-61H,2-13,23-29,36-41,46-51H2,1H3,(H,83,93)(H,88,94)(H,89,95)(H,90,96)(H,91,97)(H,92,98)(H,99,100)(H4,75,76,84)(H4,77,78,85)(H4,79,80,86)(H4,81,82,87)/t57-,58-,59-,60-,61-/m0/s1. The van der Waals surface area contributed by atoms with Gasteiger partial charge in [0.05, 0.1) is 0 Å². The topological polar surface area (TPSA) is 479 Å². The number of carboxylic acid groups (broad SMARTS) is 1. The third-order valence-corrected chi connectivity index (χ3v) is 16.6. The van der Waals surface area contributed by atoms with Crippen molar-refractivity contribution in [2.75, 3.05) is 39.3 Å². The first-order valence-electron chi connectivity index (χ1n) is 35.6. The van der Waals surface area contributed by atoms with Gasteiger partial charge in [-0.1, -0.05) is 187 Å². The van der Waals surface area contributed by atoms with E-state index in [0.29, 0.717) is 31.6 Å². The van der Waals surface area contributed by atoms with Crippen LogP contribution in [0.5, 0.6) is 5.75 Å². The van der Waals surface area contributed by atoms with E-state index in [-0.39, 0.29) is 114 Å². The molecule has 0 saturated heterocycles. The minimum Gasteiger partial charge on any atom is -0.484 e. The van der Waals surface area contributed by atoms with Gasteiger partial charge in [0.15, 0.2) is 30.4 Å². The van der Waals surface area contributed by atoms with Crippen molar-refractivity contribution in [3.05, 3.63) is 138 Å². The van der Waals surface area contributed by atoms with E-state index in [1.54, 1.807) is 12.1 Å². The zero-order valence-electron chi connectivity index (χ0n) is 58.9. The van der Waals surface area contributed by atoms with Crippen LogP contribution in [0.2, 0.25) is 0 Å². The Balaban J connectivity index is 1.59. The van der Waals surface area contributed by atoms with Gasteiger partial charge < -0.3 is 87.6 Å². The molecule has 0 aliphatic rings. The number of amides is 6. The van der Waals surface area contributed by atoms with E-state index in [4.69, 9.17) is 50.6 Å².